The largest absolute Gasteiger partial charge is 0.508 e. The zero-order chi connectivity index (χ0) is 24.4. The molecule has 0 aliphatic heterocycles. The quantitative estimate of drug-likeness (QED) is 0.257. The Morgan fingerprint density at radius 1 is 0.848 bits per heavy atom. The summed E-state index contributed by atoms with van der Waals surface area (Å²) in [6.07, 6.45) is 6.82. The monoisotopic (exact) mass is 440 g/mol. The molecule has 0 aromatic heterocycles. The highest BCUT2D eigenvalue weighted by molar-refractivity contribution is 5.95. The molecular weight excluding hydrogens is 412 g/mol. The van der Waals surface area contributed by atoms with Gasteiger partial charge < -0.3 is 10.2 Å². The zero-order valence-electron chi connectivity index (χ0n) is 19.1. The van der Waals surface area contributed by atoms with Crippen LogP contribution in [0.25, 0.3) is 16.7 Å². The van der Waals surface area contributed by atoms with Crippen molar-refractivity contribution in [2.75, 3.05) is 0 Å². The van der Waals surface area contributed by atoms with E-state index in [-0.39, 0.29) is 11.5 Å². The van der Waals surface area contributed by atoms with Gasteiger partial charge >= 0.3 is 0 Å². The molecule has 0 bridgehead atoms. The number of carbonyl (C=O) groups is 2. The summed E-state index contributed by atoms with van der Waals surface area (Å²) in [7, 11) is 0. The molecule has 2 N–H and O–H groups in total. The van der Waals surface area contributed by atoms with Crippen molar-refractivity contribution < 1.29 is 19.8 Å². The first kappa shape index (κ1) is 25.1. The molecule has 4 nitrogen and oxygen atoms in total. The molecule has 0 radical (unpaired) electrons. The van der Waals surface area contributed by atoms with Gasteiger partial charge in [-0.2, -0.15) is 0 Å². The number of hydrogen-bond donors (Lipinski definition) is 2. The van der Waals surface area contributed by atoms with Gasteiger partial charge in [0.1, 0.15) is 11.5 Å². The molecule has 33 heavy (non-hydrogen) atoms. The number of aryl methyl sites for hydroxylation is 2. The van der Waals surface area contributed by atoms with Crippen LogP contribution in [0.1, 0.15) is 34.0 Å². The second kappa shape index (κ2) is 12.0. The summed E-state index contributed by atoms with van der Waals surface area (Å²) in [6, 6.07) is 17.8. The van der Waals surface area contributed by atoms with E-state index in [1.807, 2.05) is 57.2 Å². The van der Waals surface area contributed by atoms with Gasteiger partial charge in [0, 0.05) is 11.1 Å². The number of aldehydes is 2. The molecule has 4 heteroatoms. The molecule has 0 fully saturated rings. The number of carbonyl (C=O) groups excluding carboxylic acids is 2. The van der Waals surface area contributed by atoms with E-state index >= 15 is 0 Å². The number of phenolic OH excluding ortho intramolecular Hbond substituents is 2. The van der Waals surface area contributed by atoms with E-state index in [1.54, 1.807) is 30.3 Å². The molecule has 3 aromatic carbocycles. The van der Waals surface area contributed by atoms with Crippen molar-refractivity contribution in [2.45, 2.75) is 20.8 Å². The van der Waals surface area contributed by atoms with Gasteiger partial charge in [-0.05, 0) is 84.5 Å². The predicted octanol–water partition coefficient (Wildman–Crippen LogP) is 6.60. The molecule has 0 spiro atoms. The van der Waals surface area contributed by atoms with Crippen LogP contribution in [0, 0.1) is 13.8 Å². The first-order valence-corrected chi connectivity index (χ1v) is 10.4. The lowest BCUT2D eigenvalue weighted by molar-refractivity contribution is -0.104. The van der Waals surface area contributed by atoms with E-state index in [1.165, 1.54) is 12.1 Å². The first-order valence-electron chi connectivity index (χ1n) is 10.4. The van der Waals surface area contributed by atoms with E-state index in [4.69, 9.17) is 0 Å². The summed E-state index contributed by atoms with van der Waals surface area (Å²) >= 11 is 0. The van der Waals surface area contributed by atoms with Crippen molar-refractivity contribution in [1.29, 1.82) is 0 Å². The van der Waals surface area contributed by atoms with Gasteiger partial charge in [-0.1, -0.05) is 55.1 Å². The lowest BCUT2D eigenvalue weighted by Gasteiger charge is -2.09. The van der Waals surface area contributed by atoms with E-state index in [9.17, 15) is 19.8 Å². The summed E-state index contributed by atoms with van der Waals surface area (Å²) in [5.41, 5.74) is 6.68. The third-order valence-electron chi connectivity index (χ3n) is 5.09. The van der Waals surface area contributed by atoms with Crippen LogP contribution in [0.5, 0.6) is 11.5 Å². The zero-order valence-corrected chi connectivity index (χ0v) is 19.1. The smallest absolute Gasteiger partial charge is 0.150 e. The Bertz CT molecular complexity index is 1210. The van der Waals surface area contributed by atoms with Gasteiger partial charge in [0.05, 0.1) is 0 Å². The Balaban J connectivity index is 0.000000234. The van der Waals surface area contributed by atoms with Gasteiger partial charge in [-0.15, -0.1) is 0 Å². The number of aromatic hydroxyl groups is 2. The minimum atomic E-state index is 0.111. The molecule has 0 heterocycles. The van der Waals surface area contributed by atoms with Crippen molar-refractivity contribution in [3.63, 3.8) is 0 Å². The summed E-state index contributed by atoms with van der Waals surface area (Å²) in [5.74, 6) is 0.330. The van der Waals surface area contributed by atoms with E-state index in [0.717, 1.165) is 46.0 Å². The van der Waals surface area contributed by atoms with Crippen LogP contribution in [0.3, 0.4) is 0 Å². The maximum Gasteiger partial charge on any atom is 0.150 e. The van der Waals surface area contributed by atoms with Gasteiger partial charge in [0.25, 0.3) is 0 Å². The van der Waals surface area contributed by atoms with Crippen LogP contribution < -0.4 is 0 Å². The average Bonchev–Trinajstić information content (AvgIpc) is 2.80. The van der Waals surface area contributed by atoms with Crippen molar-refractivity contribution >= 4 is 18.1 Å². The van der Waals surface area contributed by atoms with Gasteiger partial charge in [0.2, 0.25) is 0 Å². The highest BCUT2D eigenvalue weighted by Crippen LogP contribution is 2.28. The number of hydrogen-bond acceptors (Lipinski definition) is 4. The third-order valence-corrected chi connectivity index (χ3v) is 5.09. The molecule has 0 amide bonds. The Morgan fingerprint density at radius 3 is 2.09 bits per heavy atom. The summed E-state index contributed by atoms with van der Waals surface area (Å²) in [5, 5.41) is 18.7. The maximum absolute atomic E-state index is 11.0. The minimum absolute atomic E-state index is 0.111. The van der Waals surface area contributed by atoms with Crippen LogP contribution in [0.2, 0.25) is 0 Å². The molecule has 3 rings (SSSR count). The van der Waals surface area contributed by atoms with Crippen molar-refractivity contribution in [1.82, 2.24) is 0 Å². The fourth-order valence-corrected chi connectivity index (χ4v) is 3.45. The summed E-state index contributed by atoms with van der Waals surface area (Å²) < 4.78 is 0. The number of allylic oxidation sites excluding steroid dienone is 5. The van der Waals surface area contributed by atoms with E-state index in [0.29, 0.717) is 11.1 Å². The number of benzene rings is 3. The summed E-state index contributed by atoms with van der Waals surface area (Å²) in [4.78, 5) is 21.9. The Kier molecular flexibility index (Phi) is 9.13. The molecule has 0 saturated carbocycles. The lowest BCUT2D eigenvalue weighted by Crippen LogP contribution is -1.92. The highest BCUT2D eigenvalue weighted by Gasteiger charge is 2.08. The standard InChI is InChI=1S/C15H16O2.C14H12O2/c1-4-6-15(12(5-2)10-16)14-8-7-13(17)9-11(14)3;1-10-4-2-3-5-13(10)14-7-6-12(16)8-11(14)9-15/h4-10,17H,2H2,1,3H3;2-9,16H,1H3/b6-4-,15-12-;. The van der Waals surface area contributed by atoms with Crippen LogP contribution in [-0.4, -0.2) is 22.8 Å². The van der Waals surface area contributed by atoms with Gasteiger partial charge in [-0.3, -0.25) is 9.59 Å². The molecule has 168 valence electrons. The first-order chi connectivity index (χ1) is 15.9. The molecule has 0 aliphatic rings. The van der Waals surface area contributed by atoms with E-state index < -0.39 is 0 Å². The Morgan fingerprint density at radius 2 is 1.52 bits per heavy atom. The van der Waals surface area contributed by atoms with Crippen molar-refractivity contribution in [3.05, 3.63) is 113 Å². The lowest BCUT2D eigenvalue weighted by atomic mass is 9.95. The third kappa shape index (κ3) is 6.40. The number of phenols is 2. The molecule has 0 unspecified atom stereocenters. The van der Waals surface area contributed by atoms with Crippen LogP contribution in [0.15, 0.2) is 91.0 Å². The van der Waals surface area contributed by atoms with E-state index in [2.05, 4.69) is 6.58 Å². The van der Waals surface area contributed by atoms with Crippen molar-refractivity contribution in [2.24, 2.45) is 0 Å². The average molecular weight is 441 g/mol. The Hall–Kier alpha value is -4.18. The van der Waals surface area contributed by atoms with Crippen LogP contribution in [0.4, 0.5) is 0 Å². The topological polar surface area (TPSA) is 74.6 Å². The van der Waals surface area contributed by atoms with Gasteiger partial charge in [-0.25, -0.2) is 0 Å². The van der Waals surface area contributed by atoms with Crippen LogP contribution in [-0.2, 0) is 4.79 Å². The second-order valence-electron chi connectivity index (χ2n) is 7.39. The van der Waals surface area contributed by atoms with Crippen LogP contribution >= 0.6 is 0 Å². The molecule has 0 aliphatic carbocycles. The van der Waals surface area contributed by atoms with Gasteiger partial charge in [0.15, 0.2) is 12.6 Å². The summed E-state index contributed by atoms with van der Waals surface area (Å²) in [6.45, 7) is 9.42. The SMILES string of the molecule is C=C/C(C=O)=C(\C=C/C)c1ccc(O)cc1C.Cc1ccccc1-c1ccc(O)cc1C=O. The molecule has 0 saturated heterocycles. The fraction of sp³-hybridized carbons (Fsp3) is 0.103. The van der Waals surface area contributed by atoms with Crippen molar-refractivity contribution in [3.8, 4) is 22.6 Å². The maximum atomic E-state index is 11.0. The minimum Gasteiger partial charge on any atom is -0.508 e. The second-order valence-corrected chi connectivity index (χ2v) is 7.39. The Labute approximate surface area is 194 Å². The fourth-order valence-electron chi connectivity index (χ4n) is 3.45. The molecule has 0 atom stereocenters. The molecule has 3 aromatic rings. The normalized spacial score (nSPS) is 11.2. The molecular formula is C29H28O4. The highest BCUT2D eigenvalue weighted by atomic mass is 16.3. The number of rotatable bonds is 6. The predicted molar refractivity (Wildman–Crippen MR) is 135 cm³/mol.